The summed E-state index contributed by atoms with van der Waals surface area (Å²) in [6, 6.07) is -5.38. The number of Topliss-reactive ketones (excluding diaryl/α,β-unsaturated/α-hetero) is 1. The standard InChI is InChI=1S/C33H49F2N11O6/c1-5-19(4)27(42-30(49)22(13-18(2)3)40-31(50)24-16-36-11-12-37-24)32(51)41-23(14-20-9-7-6-8-10-20)29(48)39-21(15-25(34)35)28(47)33(52)38-17-26-43-45-46-44-26/h11-12,16,18-23,25,27H,5-10,13-15,17H2,1-4H3,(H,38,52)(H,39,48)(H,40,50)(H,41,51)(H,42,49)(H,43,44,45,46)/t19?,21-,22-,23-,27-/m0/s1. The molecule has 0 aromatic carbocycles. The summed E-state index contributed by atoms with van der Waals surface area (Å²) >= 11 is 0. The maximum atomic E-state index is 13.9. The highest BCUT2D eigenvalue weighted by Crippen LogP contribution is 2.28. The Morgan fingerprint density at radius 3 is 2.15 bits per heavy atom. The minimum Gasteiger partial charge on any atom is -0.344 e. The quantitative estimate of drug-likeness (QED) is 0.105. The average molecular weight is 734 g/mol. The molecular weight excluding hydrogens is 684 g/mol. The predicted octanol–water partition coefficient (Wildman–Crippen LogP) is 1.15. The van der Waals surface area contributed by atoms with E-state index >= 15 is 0 Å². The molecule has 52 heavy (non-hydrogen) atoms. The van der Waals surface area contributed by atoms with Gasteiger partial charge in [0, 0.05) is 18.8 Å². The van der Waals surface area contributed by atoms with E-state index in [0.717, 1.165) is 32.1 Å². The van der Waals surface area contributed by atoms with E-state index in [1.54, 1.807) is 6.92 Å². The van der Waals surface area contributed by atoms with Gasteiger partial charge in [-0.15, -0.1) is 10.2 Å². The molecule has 286 valence electrons. The van der Waals surface area contributed by atoms with Crippen LogP contribution < -0.4 is 26.6 Å². The molecule has 2 aromatic heterocycles. The maximum absolute atomic E-state index is 13.9. The second-order valence-electron chi connectivity index (χ2n) is 13.5. The monoisotopic (exact) mass is 733 g/mol. The number of H-pyrrole nitrogens is 1. The highest BCUT2D eigenvalue weighted by atomic mass is 19.3. The van der Waals surface area contributed by atoms with E-state index in [1.165, 1.54) is 18.6 Å². The van der Waals surface area contributed by atoms with Crippen molar-refractivity contribution in [2.75, 3.05) is 0 Å². The fraction of sp³-hybridized carbons (Fsp3) is 0.667. The van der Waals surface area contributed by atoms with Crippen LogP contribution in [0.25, 0.3) is 0 Å². The molecule has 3 rings (SSSR count). The van der Waals surface area contributed by atoms with E-state index in [2.05, 4.69) is 57.2 Å². The van der Waals surface area contributed by atoms with Crippen molar-refractivity contribution in [3.05, 3.63) is 30.1 Å². The van der Waals surface area contributed by atoms with Crippen molar-refractivity contribution in [2.24, 2.45) is 17.8 Å². The summed E-state index contributed by atoms with van der Waals surface area (Å²) < 4.78 is 27.2. The van der Waals surface area contributed by atoms with Crippen LogP contribution in [0.15, 0.2) is 18.6 Å². The van der Waals surface area contributed by atoms with Crippen molar-refractivity contribution in [2.45, 2.75) is 123 Å². The molecule has 0 saturated heterocycles. The van der Waals surface area contributed by atoms with Crippen LogP contribution in [0.5, 0.6) is 0 Å². The third-order valence-electron chi connectivity index (χ3n) is 8.91. The molecule has 1 aliphatic rings. The summed E-state index contributed by atoms with van der Waals surface area (Å²) in [7, 11) is 0. The number of hydrogen-bond acceptors (Lipinski definition) is 11. The fourth-order valence-corrected chi connectivity index (χ4v) is 5.90. The van der Waals surface area contributed by atoms with Gasteiger partial charge in [0.05, 0.1) is 12.7 Å². The number of amides is 5. The first-order chi connectivity index (χ1) is 24.8. The van der Waals surface area contributed by atoms with Gasteiger partial charge in [0.15, 0.2) is 5.82 Å². The number of hydrogen-bond donors (Lipinski definition) is 6. The molecule has 19 heteroatoms. The zero-order valence-corrected chi connectivity index (χ0v) is 29.9. The van der Waals surface area contributed by atoms with E-state index in [9.17, 15) is 37.5 Å². The van der Waals surface area contributed by atoms with Gasteiger partial charge in [0.1, 0.15) is 29.9 Å². The Morgan fingerprint density at radius 2 is 1.56 bits per heavy atom. The molecule has 1 fully saturated rings. The van der Waals surface area contributed by atoms with Gasteiger partial charge in [-0.25, -0.2) is 13.8 Å². The second-order valence-corrected chi connectivity index (χ2v) is 13.5. The number of nitrogens with one attached hydrogen (secondary N) is 6. The van der Waals surface area contributed by atoms with Gasteiger partial charge < -0.3 is 26.6 Å². The van der Waals surface area contributed by atoms with Gasteiger partial charge in [0.25, 0.3) is 11.8 Å². The molecule has 1 saturated carbocycles. The molecule has 6 N–H and O–H groups in total. The Hall–Kier alpha value is -4.97. The minimum absolute atomic E-state index is 0.00456. The van der Waals surface area contributed by atoms with Crippen molar-refractivity contribution in [1.82, 2.24) is 57.2 Å². The lowest BCUT2D eigenvalue weighted by atomic mass is 9.84. The normalized spacial score (nSPS) is 16.2. The SMILES string of the molecule is CCC(C)[C@H](NC(=O)[C@H](CC(C)C)NC(=O)c1cnccn1)C(=O)N[C@@H](CC1CCCCC1)C(=O)N[C@@H](CC(F)F)C(=O)C(=O)NCc1nn[nH]n1. The van der Waals surface area contributed by atoms with Crippen molar-refractivity contribution >= 4 is 35.3 Å². The van der Waals surface area contributed by atoms with Crippen molar-refractivity contribution in [3.8, 4) is 0 Å². The number of rotatable bonds is 20. The predicted molar refractivity (Wildman–Crippen MR) is 181 cm³/mol. The molecule has 1 aliphatic carbocycles. The van der Waals surface area contributed by atoms with Crippen molar-refractivity contribution < 1.29 is 37.5 Å². The van der Waals surface area contributed by atoms with Crippen LogP contribution in [0.2, 0.25) is 0 Å². The van der Waals surface area contributed by atoms with E-state index in [1.807, 2.05) is 20.8 Å². The number of carbonyl (C=O) groups is 6. The summed E-state index contributed by atoms with van der Waals surface area (Å²) in [5, 5.41) is 25.4. The Kier molecular flexibility index (Phi) is 16.6. The smallest absolute Gasteiger partial charge is 0.289 e. The molecule has 5 atom stereocenters. The third kappa shape index (κ3) is 13.3. The number of nitrogens with zero attached hydrogens (tertiary/aromatic N) is 5. The second kappa shape index (κ2) is 20.8. The average Bonchev–Trinajstić information content (AvgIpc) is 3.65. The largest absolute Gasteiger partial charge is 0.344 e. The minimum atomic E-state index is -3.05. The summed E-state index contributed by atoms with van der Waals surface area (Å²) in [6.07, 6.45) is 4.99. The molecular formula is C33H49F2N11O6. The topological polar surface area (TPSA) is 243 Å². The van der Waals surface area contributed by atoms with E-state index in [-0.39, 0.29) is 42.7 Å². The number of aromatic amines is 1. The van der Waals surface area contributed by atoms with Gasteiger partial charge in [-0.05, 0) is 30.6 Å². The number of halogens is 2. The van der Waals surface area contributed by atoms with Crippen LogP contribution in [0.4, 0.5) is 8.78 Å². The van der Waals surface area contributed by atoms with Gasteiger partial charge in [-0.1, -0.05) is 71.4 Å². The van der Waals surface area contributed by atoms with Crippen LogP contribution in [-0.4, -0.2) is 96.5 Å². The van der Waals surface area contributed by atoms with E-state index < -0.39 is 78.3 Å². The first-order valence-corrected chi connectivity index (χ1v) is 17.6. The van der Waals surface area contributed by atoms with Crippen molar-refractivity contribution in [3.63, 3.8) is 0 Å². The molecule has 2 heterocycles. The summed E-state index contributed by atoms with van der Waals surface area (Å²) in [5.74, 6) is -5.86. The third-order valence-corrected chi connectivity index (χ3v) is 8.91. The maximum Gasteiger partial charge on any atom is 0.289 e. The van der Waals surface area contributed by atoms with Crippen molar-refractivity contribution in [1.29, 1.82) is 0 Å². The van der Waals surface area contributed by atoms with Crippen LogP contribution in [0.3, 0.4) is 0 Å². The Labute approximate surface area is 300 Å². The van der Waals surface area contributed by atoms with Crippen LogP contribution in [0, 0.1) is 17.8 Å². The lowest BCUT2D eigenvalue weighted by Gasteiger charge is -2.31. The Morgan fingerprint density at radius 1 is 0.865 bits per heavy atom. The lowest BCUT2D eigenvalue weighted by molar-refractivity contribution is -0.141. The molecule has 0 aliphatic heterocycles. The van der Waals surface area contributed by atoms with Gasteiger partial charge >= 0.3 is 0 Å². The van der Waals surface area contributed by atoms with Crippen LogP contribution in [0.1, 0.15) is 102 Å². The van der Waals surface area contributed by atoms with Gasteiger partial charge in [-0.3, -0.25) is 33.8 Å². The highest BCUT2D eigenvalue weighted by Gasteiger charge is 2.36. The molecule has 2 aromatic rings. The van der Waals surface area contributed by atoms with Crippen LogP contribution >= 0.6 is 0 Å². The molecule has 0 spiro atoms. The first kappa shape index (κ1) is 41.5. The lowest BCUT2D eigenvalue weighted by Crippen LogP contribution is -2.60. The zero-order chi connectivity index (χ0) is 38.2. The van der Waals surface area contributed by atoms with Gasteiger partial charge in [0.2, 0.25) is 29.9 Å². The molecule has 1 unspecified atom stereocenters. The number of alkyl halides is 2. The first-order valence-electron chi connectivity index (χ1n) is 17.6. The molecule has 5 amide bonds. The fourth-order valence-electron chi connectivity index (χ4n) is 5.90. The zero-order valence-electron chi connectivity index (χ0n) is 29.9. The van der Waals surface area contributed by atoms with E-state index in [4.69, 9.17) is 0 Å². The Bertz CT molecular complexity index is 1480. The summed E-state index contributed by atoms with van der Waals surface area (Å²) in [5.41, 5.74) is 0.00456. The number of carbonyl (C=O) groups excluding carboxylic acids is 6. The number of ketones is 1. The van der Waals surface area contributed by atoms with E-state index in [0.29, 0.717) is 6.42 Å². The molecule has 17 nitrogen and oxygen atoms in total. The summed E-state index contributed by atoms with van der Waals surface area (Å²) in [6.45, 7) is 6.97. The Balaban J connectivity index is 1.80. The number of aromatic nitrogens is 6. The van der Waals surface area contributed by atoms with Gasteiger partial charge in [-0.2, -0.15) is 5.21 Å². The number of tetrazole rings is 1. The molecule has 0 bridgehead atoms. The highest BCUT2D eigenvalue weighted by molar-refractivity contribution is 6.38. The van der Waals surface area contributed by atoms with Crippen LogP contribution in [-0.2, 0) is 30.5 Å². The molecule has 0 radical (unpaired) electrons. The summed E-state index contributed by atoms with van der Waals surface area (Å²) in [4.78, 5) is 87.6.